The van der Waals surface area contributed by atoms with Crippen molar-refractivity contribution in [2.24, 2.45) is 0 Å². The zero-order chi connectivity index (χ0) is 22.2. The Morgan fingerprint density at radius 3 is 1.27 bits per heavy atom. The van der Waals surface area contributed by atoms with Gasteiger partial charge in [0.25, 0.3) is 0 Å². The Balaban J connectivity index is -0.000000468. The average molecular weight is 497 g/mol. The molecule has 30 heavy (non-hydrogen) atoms. The summed E-state index contributed by atoms with van der Waals surface area (Å²) in [6, 6.07) is 0. The molecular weight excluding hydrogens is 464 g/mol. The summed E-state index contributed by atoms with van der Waals surface area (Å²) in [5.41, 5.74) is 0. The Labute approximate surface area is 180 Å². The van der Waals surface area contributed by atoms with Crippen molar-refractivity contribution in [3.63, 3.8) is 0 Å². The van der Waals surface area contributed by atoms with Crippen LogP contribution in [0.25, 0.3) is 0 Å². The molecule has 0 aromatic heterocycles. The number of aliphatic hydroxyl groups is 5. The van der Waals surface area contributed by atoms with Gasteiger partial charge in [0.15, 0.2) is 0 Å². The first-order chi connectivity index (χ1) is 14.1. The third kappa shape index (κ3) is 20.9. The summed E-state index contributed by atoms with van der Waals surface area (Å²) in [5, 5.41) is 43.1. The zero-order valence-corrected chi connectivity index (χ0v) is 19.9. The highest BCUT2D eigenvalue weighted by Gasteiger charge is 2.45. The summed E-state index contributed by atoms with van der Waals surface area (Å²) >= 11 is 0. The van der Waals surface area contributed by atoms with Crippen molar-refractivity contribution in [1.82, 2.24) is 0 Å². The molecule has 1 fully saturated rings. The van der Waals surface area contributed by atoms with E-state index in [2.05, 4.69) is 0 Å². The molecule has 0 aliphatic carbocycles. The van der Waals surface area contributed by atoms with Gasteiger partial charge in [0.05, 0.1) is 59.5 Å². The molecular formula is C13H32O14Si3. The lowest BCUT2D eigenvalue weighted by Crippen LogP contribution is -2.51. The van der Waals surface area contributed by atoms with Crippen molar-refractivity contribution in [3.8, 4) is 0 Å². The average Bonchev–Trinajstić information content (AvgIpc) is 3.26. The van der Waals surface area contributed by atoms with Gasteiger partial charge < -0.3 is 56.5 Å². The molecule has 0 amide bonds. The molecule has 0 aromatic carbocycles. The molecule has 5 N–H and O–H groups in total. The topological polar surface area (TPSA) is 200 Å². The number of rotatable bonds is 15. The standard InChI is InChI=1S/C8H20O8Si.C4H9O4Si.CH3.O2Si/c9-1-5-13-17(14-6-2-10,15-7-3-11)16-8-4-12;5-1-2-6-9-7-3-4-8-9;;1-3-2/h9-12H,1-8H2;5H,1-4H2;1H3;/q;-1;+1;. The molecule has 0 radical (unpaired) electrons. The van der Waals surface area contributed by atoms with Crippen LogP contribution in [0, 0.1) is 7.43 Å². The van der Waals surface area contributed by atoms with Gasteiger partial charge in [-0.2, -0.15) is 0 Å². The normalized spacial score (nSPS) is 13.4. The van der Waals surface area contributed by atoms with Crippen LogP contribution in [0.15, 0.2) is 0 Å². The van der Waals surface area contributed by atoms with Gasteiger partial charge >= 0.3 is 18.3 Å². The minimum absolute atomic E-state index is 0. The first kappa shape index (κ1) is 34.3. The summed E-state index contributed by atoms with van der Waals surface area (Å²) in [7, 11) is -6.37. The van der Waals surface area contributed by atoms with Crippen LogP contribution in [0.2, 0.25) is 0 Å². The maximum atomic E-state index is 8.69. The Kier molecular flexibility index (Phi) is 30.5. The van der Waals surface area contributed by atoms with E-state index < -0.39 is 27.9 Å². The van der Waals surface area contributed by atoms with E-state index in [0.29, 0.717) is 19.8 Å². The third-order valence-electron chi connectivity index (χ3n) is 2.31. The van der Waals surface area contributed by atoms with Gasteiger partial charge in [-0.15, -0.1) is 0 Å². The predicted molar refractivity (Wildman–Crippen MR) is 102 cm³/mol. The van der Waals surface area contributed by atoms with Crippen LogP contribution in [-0.4, -0.2) is 133 Å². The molecule has 0 atom stereocenters. The second-order valence-electron chi connectivity index (χ2n) is 4.39. The Hall–Kier alpha value is -0.359. The van der Waals surface area contributed by atoms with E-state index in [9.17, 15) is 0 Å². The quantitative estimate of drug-likeness (QED) is 0.110. The summed E-state index contributed by atoms with van der Waals surface area (Å²) < 4.78 is 52.5. The summed E-state index contributed by atoms with van der Waals surface area (Å²) in [5.74, 6) is 0. The molecule has 1 rings (SSSR count). The van der Waals surface area contributed by atoms with Crippen LogP contribution < -0.4 is 0 Å². The lowest BCUT2D eigenvalue weighted by atomic mass is 10.8. The molecule has 180 valence electrons. The van der Waals surface area contributed by atoms with Gasteiger partial charge in [-0.25, -0.2) is 0 Å². The van der Waals surface area contributed by atoms with E-state index in [1.54, 1.807) is 0 Å². The first-order valence-corrected chi connectivity index (χ1v) is 12.1. The van der Waals surface area contributed by atoms with E-state index in [4.69, 9.17) is 65.4 Å². The second kappa shape index (κ2) is 26.7. The molecule has 17 heteroatoms. The Morgan fingerprint density at radius 2 is 1.00 bits per heavy atom. The highest BCUT2D eigenvalue weighted by Crippen LogP contribution is 2.11. The highest BCUT2D eigenvalue weighted by atomic mass is 28.4. The minimum Gasteiger partial charge on any atom is -0.540 e. The third-order valence-corrected chi connectivity index (χ3v) is 5.87. The van der Waals surface area contributed by atoms with E-state index in [-0.39, 0.29) is 66.9 Å². The monoisotopic (exact) mass is 496 g/mol. The van der Waals surface area contributed by atoms with Crippen LogP contribution >= 0.6 is 0 Å². The molecule has 0 aromatic rings. The predicted octanol–water partition coefficient (Wildman–Crippen LogP) is -3.68. The first-order valence-electron chi connectivity index (χ1n) is 8.44. The van der Waals surface area contributed by atoms with E-state index >= 15 is 0 Å². The fourth-order valence-corrected chi connectivity index (χ4v) is 4.31. The van der Waals surface area contributed by atoms with Gasteiger partial charge in [0.2, 0.25) is 9.53 Å². The number of hydrogen-bond donors (Lipinski definition) is 5. The molecule has 14 nitrogen and oxygen atoms in total. The lowest BCUT2D eigenvalue weighted by Gasteiger charge is -2.27. The van der Waals surface area contributed by atoms with Crippen molar-refractivity contribution >= 4 is 27.9 Å². The molecule has 1 aliphatic heterocycles. The van der Waals surface area contributed by atoms with Crippen molar-refractivity contribution in [2.75, 3.05) is 79.3 Å². The van der Waals surface area contributed by atoms with Gasteiger partial charge in [-0.3, -0.25) is 8.92 Å². The SMILES string of the molecule is O=[Si]=O.OCCO[Si-]1OCCO1.OCCO[Si](OCCO)(OCCO)OCCO.[CH3+]. The van der Waals surface area contributed by atoms with Crippen LogP contribution in [0.5, 0.6) is 0 Å². The number of aliphatic hydroxyl groups excluding tert-OH is 5. The molecule has 1 aliphatic rings. The van der Waals surface area contributed by atoms with Gasteiger partial charge in [0.1, 0.15) is 0 Å². The van der Waals surface area contributed by atoms with Crippen molar-refractivity contribution in [3.05, 3.63) is 7.43 Å². The maximum absolute atomic E-state index is 8.69. The highest BCUT2D eigenvalue weighted by molar-refractivity contribution is 6.53. The van der Waals surface area contributed by atoms with Crippen LogP contribution in [0.1, 0.15) is 0 Å². The van der Waals surface area contributed by atoms with E-state index in [0.717, 1.165) is 0 Å². The summed E-state index contributed by atoms with van der Waals surface area (Å²) in [4.78, 5) is 0. The lowest BCUT2D eigenvalue weighted by molar-refractivity contribution is -0.0547. The molecule has 1 saturated heterocycles. The fraction of sp³-hybridized carbons (Fsp3) is 0.923. The number of hydrogen-bond acceptors (Lipinski definition) is 14. The Bertz CT molecular complexity index is 331. The van der Waals surface area contributed by atoms with Crippen LogP contribution in [0.3, 0.4) is 0 Å². The largest absolute Gasteiger partial charge is 0.680 e. The smallest absolute Gasteiger partial charge is 0.540 e. The van der Waals surface area contributed by atoms with E-state index in [1.807, 2.05) is 0 Å². The zero-order valence-electron chi connectivity index (χ0n) is 16.9. The summed E-state index contributed by atoms with van der Waals surface area (Å²) in [6.45, 7) is 0.357. The van der Waals surface area contributed by atoms with Gasteiger partial charge in [0, 0.05) is 27.2 Å². The molecule has 0 saturated carbocycles. The van der Waals surface area contributed by atoms with Crippen molar-refractivity contribution < 1.29 is 65.4 Å². The van der Waals surface area contributed by atoms with E-state index in [1.165, 1.54) is 0 Å². The maximum Gasteiger partial charge on any atom is 0.680 e. The molecule has 0 bridgehead atoms. The summed E-state index contributed by atoms with van der Waals surface area (Å²) in [6.07, 6.45) is 0. The Morgan fingerprint density at radius 1 is 0.700 bits per heavy atom. The van der Waals surface area contributed by atoms with Crippen molar-refractivity contribution in [2.45, 2.75) is 0 Å². The van der Waals surface area contributed by atoms with Crippen LogP contribution in [0.4, 0.5) is 0 Å². The van der Waals surface area contributed by atoms with Crippen LogP contribution in [-0.2, 0) is 39.9 Å². The fourth-order valence-electron chi connectivity index (χ4n) is 1.44. The molecule has 0 unspecified atom stereocenters. The molecule has 0 spiro atoms. The second-order valence-corrected chi connectivity index (χ2v) is 8.08. The minimum atomic E-state index is -3.52. The van der Waals surface area contributed by atoms with Gasteiger partial charge in [-0.1, -0.05) is 0 Å². The molecule has 1 heterocycles. The van der Waals surface area contributed by atoms with Crippen molar-refractivity contribution in [1.29, 1.82) is 0 Å². The van der Waals surface area contributed by atoms with Gasteiger partial charge in [-0.05, 0) is 0 Å².